The highest BCUT2D eigenvalue weighted by Gasteiger charge is 2.37. The number of ether oxygens (including phenoxy) is 3. The summed E-state index contributed by atoms with van der Waals surface area (Å²) in [6.45, 7) is -0.645. The van der Waals surface area contributed by atoms with Crippen LogP contribution in [-0.4, -0.2) is 65.1 Å². The Kier molecular flexibility index (Phi) is 12.9. The van der Waals surface area contributed by atoms with Crippen molar-refractivity contribution in [2.75, 3.05) is 32.2 Å². The molecule has 0 unspecified atom stereocenters. The average molecular weight is 799 g/mol. The second kappa shape index (κ2) is 17.3. The Morgan fingerprint density at radius 1 is 0.843 bits per heavy atom. The van der Waals surface area contributed by atoms with E-state index in [0.29, 0.717) is 5.75 Å². The summed E-state index contributed by atoms with van der Waals surface area (Å²) in [6.07, 6.45) is 3.95. The lowest BCUT2D eigenvalue weighted by atomic mass is 10.0. The molecule has 10 nitrogen and oxygen atoms in total. The van der Waals surface area contributed by atoms with Crippen LogP contribution >= 0.6 is 27.5 Å². The molecule has 0 bridgehead atoms. The van der Waals surface area contributed by atoms with E-state index in [0.717, 1.165) is 45.6 Å². The smallest absolute Gasteiger partial charge is 0.265 e. The van der Waals surface area contributed by atoms with Crippen LogP contribution in [0, 0.1) is 0 Å². The van der Waals surface area contributed by atoms with Crippen LogP contribution in [0.2, 0.25) is 5.02 Å². The number of benzene rings is 4. The van der Waals surface area contributed by atoms with Gasteiger partial charge in [-0.05, 0) is 66.4 Å². The Bertz CT molecular complexity index is 1940. The molecule has 5 rings (SSSR count). The predicted molar refractivity (Wildman–Crippen MR) is 201 cm³/mol. The Hall–Kier alpha value is -4.26. The van der Waals surface area contributed by atoms with E-state index >= 15 is 0 Å². The number of nitrogens with one attached hydrogen (secondary N) is 1. The summed E-state index contributed by atoms with van der Waals surface area (Å²) < 4.78 is 47.4. The van der Waals surface area contributed by atoms with Gasteiger partial charge >= 0.3 is 0 Å². The third-order valence-corrected chi connectivity index (χ3v) is 11.3. The van der Waals surface area contributed by atoms with Crippen molar-refractivity contribution >= 4 is 55.1 Å². The fourth-order valence-corrected chi connectivity index (χ4v) is 8.27. The van der Waals surface area contributed by atoms with Gasteiger partial charge in [-0.3, -0.25) is 13.9 Å². The number of rotatable bonds is 15. The zero-order chi connectivity index (χ0) is 36.5. The van der Waals surface area contributed by atoms with Gasteiger partial charge in [-0.2, -0.15) is 0 Å². The predicted octanol–water partition coefficient (Wildman–Crippen LogP) is 7.02. The standard InChI is InChI=1S/C38H41BrClN3O7S/c1-48-34-18-16-29(40)22-32(34)43(51(46,47)31-17-19-35(49-2)36(23-31)50-3)25-37(44)42(24-27-12-9-13-28(39)20-27)33(21-26-10-5-4-6-11-26)38(45)41-30-14-7-8-15-30/h4-6,9-13,16-20,22-23,30,33H,7-8,14-15,21,24-25H2,1-3H3,(H,41,45)/t33-/m0/s1. The Morgan fingerprint density at radius 2 is 1.51 bits per heavy atom. The second-order valence-corrected chi connectivity index (χ2v) is 15.4. The van der Waals surface area contributed by atoms with E-state index in [2.05, 4.69) is 21.2 Å². The average Bonchev–Trinajstić information content (AvgIpc) is 3.65. The molecule has 0 spiro atoms. The molecule has 1 fully saturated rings. The van der Waals surface area contributed by atoms with Gasteiger partial charge in [0.25, 0.3) is 10.0 Å². The monoisotopic (exact) mass is 797 g/mol. The summed E-state index contributed by atoms with van der Waals surface area (Å²) in [5.41, 5.74) is 1.65. The molecule has 1 aliphatic carbocycles. The molecule has 1 saturated carbocycles. The summed E-state index contributed by atoms with van der Waals surface area (Å²) in [5.74, 6) is -0.218. The number of sulfonamides is 1. The molecule has 0 saturated heterocycles. The molecule has 1 atom stereocenters. The summed E-state index contributed by atoms with van der Waals surface area (Å²) in [4.78, 5) is 30.4. The van der Waals surface area contributed by atoms with E-state index < -0.39 is 28.5 Å². The van der Waals surface area contributed by atoms with E-state index in [1.807, 2.05) is 54.6 Å². The molecular formula is C38H41BrClN3O7S. The Labute approximate surface area is 312 Å². The molecule has 4 aromatic carbocycles. The summed E-state index contributed by atoms with van der Waals surface area (Å²) in [5, 5.41) is 3.42. The first-order valence-electron chi connectivity index (χ1n) is 16.5. The summed E-state index contributed by atoms with van der Waals surface area (Å²) in [6, 6.07) is 24.6. The van der Waals surface area contributed by atoms with Crippen molar-refractivity contribution in [1.82, 2.24) is 10.2 Å². The number of hydrogen-bond donors (Lipinski definition) is 1. The molecule has 2 amide bonds. The molecule has 4 aromatic rings. The first kappa shape index (κ1) is 38.0. The van der Waals surface area contributed by atoms with Crippen molar-refractivity contribution in [3.8, 4) is 17.2 Å². The minimum absolute atomic E-state index is 0.00348. The zero-order valence-corrected chi connectivity index (χ0v) is 31.8. The van der Waals surface area contributed by atoms with Gasteiger partial charge < -0.3 is 24.4 Å². The van der Waals surface area contributed by atoms with Gasteiger partial charge in [0.1, 0.15) is 18.3 Å². The SMILES string of the molecule is COc1ccc(S(=O)(=O)N(CC(=O)N(Cc2cccc(Br)c2)[C@@H](Cc2ccccc2)C(=O)NC2CCCC2)c2cc(Cl)ccc2OC)cc1OC. The molecule has 0 heterocycles. The molecule has 0 radical (unpaired) electrons. The quantitative estimate of drug-likeness (QED) is 0.138. The van der Waals surface area contributed by atoms with Crippen LogP contribution in [0.1, 0.15) is 36.8 Å². The molecule has 0 aromatic heterocycles. The number of halogens is 2. The summed E-state index contributed by atoms with van der Waals surface area (Å²) in [7, 11) is -0.239. The van der Waals surface area contributed by atoms with E-state index in [9.17, 15) is 18.0 Å². The van der Waals surface area contributed by atoms with Gasteiger partial charge in [0.2, 0.25) is 11.8 Å². The fraction of sp³-hybridized carbons (Fsp3) is 0.316. The molecule has 51 heavy (non-hydrogen) atoms. The highest BCUT2D eigenvalue weighted by atomic mass is 79.9. The summed E-state index contributed by atoms with van der Waals surface area (Å²) >= 11 is 9.94. The second-order valence-electron chi connectivity index (χ2n) is 12.2. The minimum Gasteiger partial charge on any atom is -0.495 e. The van der Waals surface area contributed by atoms with E-state index in [-0.39, 0.29) is 52.0 Å². The van der Waals surface area contributed by atoms with Crippen LogP contribution < -0.4 is 23.8 Å². The maximum Gasteiger partial charge on any atom is 0.265 e. The molecule has 0 aliphatic heterocycles. The van der Waals surface area contributed by atoms with Crippen LogP contribution in [0.4, 0.5) is 5.69 Å². The van der Waals surface area contributed by atoms with E-state index in [1.54, 1.807) is 6.07 Å². The normalized spacial score (nSPS) is 13.7. The van der Waals surface area contributed by atoms with Crippen LogP contribution in [0.5, 0.6) is 17.2 Å². The van der Waals surface area contributed by atoms with E-state index in [1.165, 1.54) is 56.6 Å². The third kappa shape index (κ3) is 9.35. The van der Waals surface area contributed by atoms with Gasteiger partial charge in [-0.1, -0.05) is 82.8 Å². The number of methoxy groups -OCH3 is 3. The molecule has 1 aliphatic rings. The Balaban J connectivity index is 1.63. The lowest BCUT2D eigenvalue weighted by Crippen LogP contribution is -2.54. The van der Waals surface area contributed by atoms with Crippen molar-refractivity contribution in [1.29, 1.82) is 0 Å². The van der Waals surface area contributed by atoms with E-state index in [4.69, 9.17) is 25.8 Å². The third-order valence-electron chi connectivity index (χ3n) is 8.85. The van der Waals surface area contributed by atoms with Gasteiger partial charge in [0.05, 0.1) is 31.9 Å². The number of amides is 2. The van der Waals surface area contributed by atoms with Crippen molar-refractivity contribution < 1.29 is 32.2 Å². The van der Waals surface area contributed by atoms with Crippen molar-refractivity contribution in [2.45, 2.75) is 55.6 Å². The highest BCUT2D eigenvalue weighted by Crippen LogP contribution is 2.37. The number of carbonyl (C=O) groups is 2. The molecule has 1 N–H and O–H groups in total. The van der Waals surface area contributed by atoms with Crippen LogP contribution in [0.25, 0.3) is 0 Å². The van der Waals surface area contributed by atoms with Gasteiger partial charge in [-0.15, -0.1) is 0 Å². The van der Waals surface area contributed by atoms with Crippen LogP contribution in [0.15, 0.2) is 100 Å². The minimum atomic E-state index is -4.49. The van der Waals surface area contributed by atoms with Crippen LogP contribution in [-0.2, 0) is 32.6 Å². The largest absolute Gasteiger partial charge is 0.495 e. The van der Waals surface area contributed by atoms with Crippen LogP contribution in [0.3, 0.4) is 0 Å². The highest BCUT2D eigenvalue weighted by molar-refractivity contribution is 9.10. The first-order chi connectivity index (χ1) is 24.5. The topological polar surface area (TPSA) is 114 Å². The van der Waals surface area contributed by atoms with Gasteiger partial charge in [-0.25, -0.2) is 8.42 Å². The fourth-order valence-electron chi connectivity index (χ4n) is 6.23. The van der Waals surface area contributed by atoms with Crippen molar-refractivity contribution in [3.63, 3.8) is 0 Å². The molecule has 13 heteroatoms. The molecule has 270 valence electrons. The maximum atomic E-state index is 14.9. The van der Waals surface area contributed by atoms with Crippen molar-refractivity contribution in [2.24, 2.45) is 0 Å². The van der Waals surface area contributed by atoms with Gasteiger partial charge in [0, 0.05) is 34.6 Å². The first-order valence-corrected chi connectivity index (χ1v) is 19.1. The Morgan fingerprint density at radius 3 is 2.18 bits per heavy atom. The maximum absolute atomic E-state index is 14.9. The number of carbonyl (C=O) groups excluding carboxylic acids is 2. The number of anilines is 1. The molecular weight excluding hydrogens is 758 g/mol. The lowest BCUT2D eigenvalue weighted by molar-refractivity contribution is -0.140. The number of hydrogen-bond acceptors (Lipinski definition) is 7. The van der Waals surface area contributed by atoms with Crippen molar-refractivity contribution in [3.05, 3.63) is 112 Å². The van der Waals surface area contributed by atoms with Gasteiger partial charge in [0.15, 0.2) is 11.5 Å². The zero-order valence-electron chi connectivity index (χ0n) is 28.7. The number of nitrogens with zero attached hydrogens (tertiary/aromatic N) is 2. The lowest BCUT2D eigenvalue weighted by Gasteiger charge is -2.34.